The molecule has 28 heavy (non-hydrogen) atoms. The highest BCUT2D eigenvalue weighted by molar-refractivity contribution is 5.70. The van der Waals surface area contributed by atoms with E-state index in [2.05, 4.69) is 60.4 Å². The summed E-state index contributed by atoms with van der Waals surface area (Å²) < 4.78 is 0. The molecule has 0 aliphatic rings. The van der Waals surface area contributed by atoms with Gasteiger partial charge in [0.25, 0.3) is 0 Å². The lowest BCUT2D eigenvalue weighted by atomic mass is 10.1. The molecule has 1 aromatic heterocycles. The van der Waals surface area contributed by atoms with Crippen molar-refractivity contribution in [2.45, 2.75) is 33.7 Å². The number of para-hydroxylation sites is 1. The molecule has 2 aromatic carbocycles. The molecule has 0 bridgehead atoms. The maximum atomic E-state index is 9.69. The van der Waals surface area contributed by atoms with Crippen molar-refractivity contribution in [2.75, 3.05) is 17.2 Å². The quantitative estimate of drug-likeness (QED) is 0.545. The van der Waals surface area contributed by atoms with E-state index in [1.54, 1.807) is 0 Å². The van der Waals surface area contributed by atoms with E-state index in [-0.39, 0.29) is 18.6 Å². The molecule has 3 rings (SSSR count). The van der Waals surface area contributed by atoms with Gasteiger partial charge >= 0.3 is 0 Å². The molecular formula is C23H28N4O. The van der Waals surface area contributed by atoms with Gasteiger partial charge in [0.15, 0.2) is 0 Å². The van der Waals surface area contributed by atoms with Crippen molar-refractivity contribution in [3.8, 4) is 11.3 Å². The van der Waals surface area contributed by atoms with Crippen molar-refractivity contribution in [3.05, 3.63) is 65.7 Å². The third-order valence-electron chi connectivity index (χ3n) is 4.85. The number of nitrogens with one attached hydrogen (secondary N) is 2. The Labute approximate surface area is 166 Å². The zero-order chi connectivity index (χ0) is 20.1. The SMILES string of the molecule is Cc1cccc(C)c1Nc1cc(-c2ccccc2)nc(N[C@H](CO)C(C)C)n1. The topological polar surface area (TPSA) is 70.1 Å². The molecule has 0 saturated heterocycles. The minimum Gasteiger partial charge on any atom is -0.394 e. The first-order valence-electron chi connectivity index (χ1n) is 9.63. The Bertz CT molecular complexity index is 905. The highest BCUT2D eigenvalue weighted by Gasteiger charge is 2.15. The van der Waals surface area contributed by atoms with Crippen molar-refractivity contribution in [1.82, 2.24) is 9.97 Å². The Hall–Kier alpha value is -2.92. The molecule has 0 spiro atoms. The minimum atomic E-state index is -0.112. The van der Waals surface area contributed by atoms with Crippen LogP contribution in [0, 0.1) is 19.8 Å². The Kier molecular flexibility index (Phi) is 6.26. The van der Waals surface area contributed by atoms with Crippen molar-refractivity contribution in [2.24, 2.45) is 5.92 Å². The van der Waals surface area contributed by atoms with Crippen molar-refractivity contribution in [1.29, 1.82) is 0 Å². The second-order valence-electron chi connectivity index (χ2n) is 7.40. The van der Waals surface area contributed by atoms with E-state index in [4.69, 9.17) is 0 Å². The molecule has 0 fully saturated rings. The fourth-order valence-corrected chi connectivity index (χ4v) is 3.06. The third kappa shape index (κ3) is 4.67. The van der Waals surface area contributed by atoms with E-state index in [9.17, 15) is 5.11 Å². The van der Waals surface area contributed by atoms with E-state index < -0.39 is 0 Å². The molecule has 0 unspecified atom stereocenters. The van der Waals surface area contributed by atoms with Gasteiger partial charge in [0, 0.05) is 17.3 Å². The Morgan fingerprint density at radius 3 is 2.21 bits per heavy atom. The monoisotopic (exact) mass is 376 g/mol. The number of aryl methyl sites for hydroxylation is 2. The fraction of sp³-hybridized carbons (Fsp3) is 0.304. The second-order valence-corrected chi connectivity index (χ2v) is 7.40. The average molecular weight is 377 g/mol. The van der Waals surface area contributed by atoms with Gasteiger partial charge in [-0.1, -0.05) is 62.4 Å². The molecule has 1 atom stereocenters. The maximum Gasteiger partial charge on any atom is 0.225 e. The normalized spacial score (nSPS) is 12.1. The summed E-state index contributed by atoms with van der Waals surface area (Å²) >= 11 is 0. The predicted octanol–water partition coefficient (Wildman–Crippen LogP) is 4.93. The first-order chi connectivity index (χ1) is 13.5. The number of benzene rings is 2. The van der Waals surface area contributed by atoms with Crippen LogP contribution in [0.25, 0.3) is 11.3 Å². The number of aliphatic hydroxyl groups excluding tert-OH is 1. The molecule has 5 nitrogen and oxygen atoms in total. The minimum absolute atomic E-state index is 0.0241. The van der Waals surface area contributed by atoms with E-state index in [1.807, 2.05) is 42.5 Å². The maximum absolute atomic E-state index is 9.69. The summed E-state index contributed by atoms with van der Waals surface area (Å²) in [5.74, 6) is 1.47. The first-order valence-corrected chi connectivity index (χ1v) is 9.63. The molecule has 0 amide bonds. The number of aromatic nitrogens is 2. The molecular weight excluding hydrogens is 348 g/mol. The summed E-state index contributed by atoms with van der Waals surface area (Å²) in [7, 11) is 0. The molecule has 0 radical (unpaired) electrons. The second kappa shape index (κ2) is 8.85. The number of hydrogen-bond acceptors (Lipinski definition) is 5. The van der Waals surface area contributed by atoms with Gasteiger partial charge in [-0.2, -0.15) is 4.98 Å². The lowest BCUT2D eigenvalue weighted by Gasteiger charge is -2.21. The predicted molar refractivity (Wildman–Crippen MR) is 116 cm³/mol. The largest absolute Gasteiger partial charge is 0.394 e. The third-order valence-corrected chi connectivity index (χ3v) is 4.85. The molecule has 0 saturated carbocycles. The Morgan fingerprint density at radius 1 is 0.929 bits per heavy atom. The summed E-state index contributed by atoms with van der Waals surface area (Å²) in [5, 5.41) is 16.4. The van der Waals surface area contributed by atoms with Gasteiger partial charge in [-0.3, -0.25) is 0 Å². The van der Waals surface area contributed by atoms with Gasteiger partial charge in [0.05, 0.1) is 18.3 Å². The van der Waals surface area contributed by atoms with Gasteiger partial charge in [-0.05, 0) is 30.9 Å². The standard InChI is InChI=1S/C23H28N4O/c1-15(2)20(14-28)25-23-24-19(18-11-6-5-7-12-18)13-21(27-23)26-22-16(3)9-8-10-17(22)4/h5-13,15,20,28H,14H2,1-4H3,(H2,24,25,26,27)/t20-/m1/s1. The Morgan fingerprint density at radius 2 is 1.61 bits per heavy atom. The van der Waals surface area contributed by atoms with Crippen LogP contribution in [0.15, 0.2) is 54.6 Å². The number of aliphatic hydroxyl groups is 1. The summed E-state index contributed by atoms with van der Waals surface area (Å²) in [6.45, 7) is 8.30. The number of rotatable bonds is 7. The van der Waals surface area contributed by atoms with Crippen LogP contribution in [-0.2, 0) is 0 Å². The van der Waals surface area contributed by atoms with E-state index in [1.165, 1.54) is 0 Å². The number of nitrogens with zero attached hydrogens (tertiary/aromatic N) is 2. The fourth-order valence-electron chi connectivity index (χ4n) is 3.06. The van der Waals surface area contributed by atoms with E-state index >= 15 is 0 Å². The molecule has 0 aliphatic heterocycles. The lowest BCUT2D eigenvalue weighted by Crippen LogP contribution is -2.30. The van der Waals surface area contributed by atoms with Crippen LogP contribution in [0.1, 0.15) is 25.0 Å². The van der Waals surface area contributed by atoms with Crippen LogP contribution in [0.2, 0.25) is 0 Å². The van der Waals surface area contributed by atoms with Crippen molar-refractivity contribution in [3.63, 3.8) is 0 Å². The molecule has 1 heterocycles. The highest BCUT2D eigenvalue weighted by atomic mass is 16.3. The van der Waals surface area contributed by atoms with Gasteiger partial charge in [-0.15, -0.1) is 0 Å². The summed E-state index contributed by atoms with van der Waals surface area (Å²) in [6.07, 6.45) is 0. The van der Waals surface area contributed by atoms with E-state index in [0.717, 1.165) is 28.1 Å². The summed E-state index contributed by atoms with van der Waals surface area (Å²) in [5.41, 5.74) is 5.21. The molecule has 3 aromatic rings. The molecule has 5 heteroatoms. The summed E-state index contributed by atoms with van der Waals surface area (Å²) in [4.78, 5) is 9.35. The van der Waals surface area contributed by atoms with Gasteiger partial charge in [-0.25, -0.2) is 4.98 Å². The van der Waals surface area contributed by atoms with Crippen molar-refractivity contribution < 1.29 is 5.11 Å². The van der Waals surface area contributed by atoms with Crippen LogP contribution in [0.4, 0.5) is 17.5 Å². The van der Waals surface area contributed by atoms with Crippen LogP contribution in [-0.4, -0.2) is 27.7 Å². The lowest BCUT2D eigenvalue weighted by molar-refractivity contribution is 0.248. The Balaban J connectivity index is 2.02. The number of hydrogen-bond donors (Lipinski definition) is 3. The van der Waals surface area contributed by atoms with Crippen LogP contribution < -0.4 is 10.6 Å². The zero-order valence-corrected chi connectivity index (χ0v) is 16.9. The summed E-state index contributed by atoms with van der Waals surface area (Å²) in [6, 6.07) is 18.1. The van der Waals surface area contributed by atoms with Gasteiger partial charge in [0.2, 0.25) is 5.95 Å². The van der Waals surface area contributed by atoms with Gasteiger partial charge < -0.3 is 15.7 Å². The highest BCUT2D eigenvalue weighted by Crippen LogP contribution is 2.27. The van der Waals surface area contributed by atoms with E-state index in [0.29, 0.717) is 11.8 Å². The van der Waals surface area contributed by atoms with Crippen molar-refractivity contribution >= 4 is 17.5 Å². The zero-order valence-electron chi connectivity index (χ0n) is 16.9. The molecule has 146 valence electrons. The van der Waals surface area contributed by atoms with Crippen LogP contribution in [0.5, 0.6) is 0 Å². The average Bonchev–Trinajstić information content (AvgIpc) is 2.69. The van der Waals surface area contributed by atoms with Gasteiger partial charge in [0.1, 0.15) is 5.82 Å². The molecule has 3 N–H and O–H groups in total. The van der Waals surface area contributed by atoms with Crippen LogP contribution in [0.3, 0.4) is 0 Å². The molecule has 0 aliphatic carbocycles. The van der Waals surface area contributed by atoms with Crippen LogP contribution >= 0.6 is 0 Å². The number of anilines is 3. The smallest absolute Gasteiger partial charge is 0.225 e. The first kappa shape index (κ1) is 19.8.